The van der Waals surface area contributed by atoms with E-state index in [-0.39, 0.29) is 41.1 Å². The number of halogens is 3. The minimum absolute atomic E-state index is 0.0595. The fraction of sp³-hybridized carbons (Fsp3) is 0.423. The zero-order valence-corrected chi connectivity index (χ0v) is 21.8. The highest BCUT2D eigenvalue weighted by Gasteiger charge is 2.42. The summed E-state index contributed by atoms with van der Waals surface area (Å²) in [6.45, 7) is 3.51. The van der Waals surface area contributed by atoms with Gasteiger partial charge in [0.05, 0.1) is 43.4 Å². The Balaban J connectivity index is 1.31. The first kappa shape index (κ1) is 27.1. The first-order valence-corrected chi connectivity index (χ1v) is 13.1. The lowest BCUT2D eigenvalue weighted by molar-refractivity contribution is -0.137. The highest BCUT2D eigenvalue weighted by molar-refractivity contribution is 6.06. The van der Waals surface area contributed by atoms with Crippen molar-refractivity contribution in [1.82, 2.24) is 19.9 Å². The molecule has 41 heavy (non-hydrogen) atoms. The third-order valence-electron chi connectivity index (χ3n) is 7.49. The summed E-state index contributed by atoms with van der Waals surface area (Å²) < 4.78 is 53.1. The van der Waals surface area contributed by atoms with Gasteiger partial charge in [0.2, 0.25) is 0 Å². The monoisotopic (exact) mass is 571 g/mol. The lowest BCUT2D eigenvalue weighted by Gasteiger charge is -2.36. The standard InChI is InChI=1S/C26H28F3N9O3/c27-26(28,29)15-3-4-19(37-6-8-40-9-7-37)35-21(15)16-10-33-23(31)22(34-16)25(39)36-24-17(2-1-5-32-24)38-11-14-13-41-18(12-38)20(14)30/h1-5,10,14,18,20H,6-9,11-13,30H2,(H2,31,33)(H,32,36,39)/t14-,18+,20+/m1/s1. The van der Waals surface area contributed by atoms with Gasteiger partial charge in [0.15, 0.2) is 17.3 Å². The van der Waals surface area contributed by atoms with E-state index in [0.717, 1.165) is 12.3 Å². The predicted molar refractivity (Wildman–Crippen MR) is 143 cm³/mol. The predicted octanol–water partition coefficient (Wildman–Crippen LogP) is 1.79. The van der Waals surface area contributed by atoms with Crippen molar-refractivity contribution >= 4 is 29.0 Å². The van der Waals surface area contributed by atoms with Gasteiger partial charge in [0.25, 0.3) is 5.91 Å². The second kappa shape index (κ2) is 10.7. The van der Waals surface area contributed by atoms with E-state index in [0.29, 0.717) is 57.5 Å². The molecule has 3 saturated heterocycles. The van der Waals surface area contributed by atoms with E-state index in [1.54, 1.807) is 12.1 Å². The van der Waals surface area contributed by atoms with E-state index < -0.39 is 23.3 Å². The first-order valence-electron chi connectivity index (χ1n) is 13.1. The van der Waals surface area contributed by atoms with E-state index >= 15 is 0 Å². The number of hydrogen-bond acceptors (Lipinski definition) is 11. The maximum atomic E-state index is 14.0. The van der Waals surface area contributed by atoms with Crippen LogP contribution in [0, 0.1) is 5.92 Å². The van der Waals surface area contributed by atoms with Crippen molar-refractivity contribution in [3.8, 4) is 11.4 Å². The molecule has 6 rings (SSSR count). The zero-order valence-electron chi connectivity index (χ0n) is 21.8. The van der Waals surface area contributed by atoms with Crippen molar-refractivity contribution in [3.63, 3.8) is 0 Å². The summed E-state index contributed by atoms with van der Waals surface area (Å²) in [6.07, 6.45) is -2.27. The van der Waals surface area contributed by atoms with Crippen LogP contribution in [0.2, 0.25) is 0 Å². The summed E-state index contributed by atoms with van der Waals surface area (Å²) >= 11 is 0. The van der Waals surface area contributed by atoms with Gasteiger partial charge in [-0.05, 0) is 24.3 Å². The van der Waals surface area contributed by atoms with Crippen molar-refractivity contribution in [2.24, 2.45) is 11.7 Å². The van der Waals surface area contributed by atoms with Gasteiger partial charge in [0, 0.05) is 44.3 Å². The normalized spacial score (nSPS) is 22.6. The minimum atomic E-state index is -4.72. The van der Waals surface area contributed by atoms with E-state index in [1.165, 1.54) is 12.3 Å². The lowest BCUT2D eigenvalue weighted by atomic mass is 9.94. The highest BCUT2D eigenvalue weighted by atomic mass is 19.4. The lowest BCUT2D eigenvalue weighted by Crippen LogP contribution is -2.52. The molecule has 6 heterocycles. The second-order valence-corrected chi connectivity index (χ2v) is 10.1. The number of piperidine rings is 1. The molecule has 3 aromatic heterocycles. The summed E-state index contributed by atoms with van der Waals surface area (Å²) in [5.74, 6) is -0.320. The van der Waals surface area contributed by atoms with Crippen molar-refractivity contribution in [2.45, 2.75) is 18.3 Å². The van der Waals surface area contributed by atoms with Crippen LogP contribution in [-0.4, -0.2) is 84.0 Å². The van der Waals surface area contributed by atoms with Crippen molar-refractivity contribution in [3.05, 3.63) is 47.9 Å². The van der Waals surface area contributed by atoms with Crippen LogP contribution in [0.15, 0.2) is 36.7 Å². The number of alkyl halides is 3. The summed E-state index contributed by atoms with van der Waals surface area (Å²) in [5, 5.41) is 2.70. The van der Waals surface area contributed by atoms with Gasteiger partial charge < -0.3 is 36.1 Å². The van der Waals surface area contributed by atoms with Crippen LogP contribution in [0.3, 0.4) is 0 Å². The van der Waals surface area contributed by atoms with Gasteiger partial charge in [-0.25, -0.2) is 19.9 Å². The molecule has 0 aliphatic carbocycles. The Kier molecular flexibility index (Phi) is 7.09. The maximum Gasteiger partial charge on any atom is 0.418 e. The van der Waals surface area contributed by atoms with E-state index in [2.05, 4.69) is 25.3 Å². The smallest absolute Gasteiger partial charge is 0.382 e. The Morgan fingerprint density at radius 1 is 1.07 bits per heavy atom. The zero-order chi connectivity index (χ0) is 28.7. The number of carbonyl (C=O) groups excluding carboxylic acids is 1. The fourth-order valence-corrected chi connectivity index (χ4v) is 5.33. The van der Waals surface area contributed by atoms with Crippen molar-refractivity contribution in [1.29, 1.82) is 0 Å². The molecule has 3 aliphatic heterocycles. The van der Waals surface area contributed by atoms with Gasteiger partial charge in [-0.2, -0.15) is 13.2 Å². The molecule has 12 nitrogen and oxygen atoms in total. The van der Waals surface area contributed by atoms with E-state index in [1.807, 2.05) is 9.80 Å². The van der Waals surface area contributed by atoms with Crippen LogP contribution in [0.1, 0.15) is 16.1 Å². The average Bonchev–Trinajstić information content (AvgIpc) is 3.16. The highest BCUT2D eigenvalue weighted by Crippen LogP contribution is 2.37. The molecule has 3 atom stereocenters. The number of anilines is 4. The Morgan fingerprint density at radius 3 is 2.63 bits per heavy atom. The molecule has 3 aromatic rings. The van der Waals surface area contributed by atoms with Crippen molar-refractivity contribution < 1.29 is 27.4 Å². The SMILES string of the molecule is Nc1ncc(-c2nc(N3CCOCC3)ccc2C(F)(F)F)nc1C(=O)Nc1ncccc1N1C[C@@H]2CO[C@@H](C1)[C@H]2N. The summed E-state index contributed by atoms with van der Waals surface area (Å²) in [6, 6.07) is 5.75. The van der Waals surface area contributed by atoms with Crippen LogP contribution in [-0.2, 0) is 15.7 Å². The molecule has 0 spiro atoms. The molecule has 0 unspecified atom stereocenters. The average molecular weight is 572 g/mol. The Morgan fingerprint density at radius 2 is 1.88 bits per heavy atom. The molecule has 0 aromatic carbocycles. The van der Waals surface area contributed by atoms with Crippen LogP contribution in [0.25, 0.3) is 11.4 Å². The van der Waals surface area contributed by atoms with Crippen LogP contribution < -0.4 is 26.6 Å². The molecule has 1 amide bonds. The number of hydrogen-bond donors (Lipinski definition) is 3. The molecular formula is C26H28F3N9O3. The van der Waals surface area contributed by atoms with Crippen LogP contribution >= 0.6 is 0 Å². The number of fused-ring (bicyclic) bond motifs is 2. The van der Waals surface area contributed by atoms with Crippen LogP contribution in [0.4, 0.5) is 36.3 Å². The number of rotatable bonds is 5. The van der Waals surface area contributed by atoms with Crippen LogP contribution in [0.5, 0.6) is 0 Å². The number of amides is 1. The molecule has 5 N–H and O–H groups in total. The maximum absolute atomic E-state index is 14.0. The summed E-state index contributed by atoms with van der Waals surface area (Å²) in [4.78, 5) is 34.0. The van der Waals surface area contributed by atoms with E-state index in [9.17, 15) is 18.0 Å². The number of nitrogens with two attached hydrogens (primary N) is 2. The molecule has 216 valence electrons. The minimum Gasteiger partial charge on any atom is -0.382 e. The van der Waals surface area contributed by atoms with Crippen molar-refractivity contribution in [2.75, 3.05) is 66.8 Å². The van der Waals surface area contributed by atoms with E-state index in [4.69, 9.17) is 20.9 Å². The third-order valence-corrected chi connectivity index (χ3v) is 7.49. The van der Waals surface area contributed by atoms with Gasteiger partial charge in [-0.1, -0.05) is 0 Å². The quantitative estimate of drug-likeness (QED) is 0.410. The number of ether oxygens (including phenoxy) is 2. The Hall–Kier alpha value is -4.08. The fourth-order valence-electron chi connectivity index (χ4n) is 5.33. The number of pyridine rings is 2. The Labute approximate surface area is 232 Å². The molecule has 3 fully saturated rings. The molecule has 0 saturated carbocycles. The first-order chi connectivity index (χ1) is 19.7. The number of nitrogen functional groups attached to an aromatic ring is 1. The number of nitrogens with zero attached hydrogens (tertiary/aromatic N) is 6. The van der Waals surface area contributed by atoms with Gasteiger partial charge in [-0.3, -0.25) is 4.79 Å². The van der Waals surface area contributed by atoms with Gasteiger partial charge >= 0.3 is 6.18 Å². The second-order valence-electron chi connectivity index (χ2n) is 10.1. The van der Waals surface area contributed by atoms with Gasteiger partial charge in [-0.15, -0.1) is 0 Å². The summed E-state index contributed by atoms with van der Waals surface area (Å²) in [5.41, 5.74) is 10.8. The summed E-state index contributed by atoms with van der Waals surface area (Å²) in [7, 11) is 0. The van der Waals surface area contributed by atoms with Gasteiger partial charge in [0.1, 0.15) is 17.2 Å². The Bertz CT molecular complexity index is 1440. The number of aromatic nitrogens is 4. The largest absolute Gasteiger partial charge is 0.418 e. The third kappa shape index (κ3) is 5.35. The molecule has 0 radical (unpaired) electrons. The molecule has 3 aliphatic rings. The number of morpholine rings is 1. The topological polar surface area (TPSA) is 158 Å². The molecule has 15 heteroatoms. The molecular weight excluding hydrogens is 543 g/mol. The number of carbonyl (C=O) groups is 1. The number of nitrogens with one attached hydrogen (secondary N) is 1. The molecule has 2 bridgehead atoms.